The summed E-state index contributed by atoms with van der Waals surface area (Å²) in [4.78, 5) is 0. The van der Waals surface area contributed by atoms with Gasteiger partial charge in [0.1, 0.15) is 12.4 Å². The van der Waals surface area contributed by atoms with E-state index in [1.54, 1.807) is 0 Å². The van der Waals surface area contributed by atoms with Gasteiger partial charge in [0, 0.05) is 12.3 Å². The van der Waals surface area contributed by atoms with Gasteiger partial charge in [-0.1, -0.05) is 49.6 Å². The molecule has 1 aliphatic heterocycles. The van der Waals surface area contributed by atoms with E-state index in [2.05, 4.69) is 12.1 Å². The molecule has 1 heterocycles. The third kappa shape index (κ3) is 3.86. The van der Waals surface area contributed by atoms with Crippen molar-refractivity contribution < 1.29 is 14.6 Å². The van der Waals surface area contributed by atoms with Gasteiger partial charge in [-0.15, -0.1) is 0 Å². The van der Waals surface area contributed by atoms with Gasteiger partial charge in [0.05, 0.1) is 6.10 Å². The van der Waals surface area contributed by atoms with Gasteiger partial charge in [0.15, 0.2) is 0 Å². The lowest BCUT2D eigenvalue weighted by Gasteiger charge is -2.33. The van der Waals surface area contributed by atoms with Crippen LogP contribution in [-0.2, 0) is 9.47 Å². The zero-order valence-corrected chi connectivity index (χ0v) is 12.4. The van der Waals surface area contributed by atoms with Gasteiger partial charge in [0.2, 0.25) is 6.29 Å². The predicted octanol–water partition coefficient (Wildman–Crippen LogP) is 3.74. The molecule has 1 N–H and O–H groups in total. The van der Waals surface area contributed by atoms with Crippen molar-refractivity contribution in [3.8, 4) is 0 Å². The molecule has 0 spiro atoms. The zero-order valence-electron chi connectivity index (χ0n) is 12.4. The summed E-state index contributed by atoms with van der Waals surface area (Å²) in [6.45, 7) is -0.0616. The van der Waals surface area contributed by atoms with Crippen molar-refractivity contribution >= 4 is 0 Å². The van der Waals surface area contributed by atoms with E-state index in [0.29, 0.717) is 11.9 Å². The predicted molar refractivity (Wildman–Crippen MR) is 81.8 cm³/mol. The third-order valence-electron chi connectivity index (χ3n) is 4.40. The second kappa shape index (κ2) is 7.10. The summed E-state index contributed by atoms with van der Waals surface area (Å²) in [5.74, 6) is 0.895. The van der Waals surface area contributed by atoms with E-state index in [0.717, 1.165) is 19.3 Å². The molecule has 0 unspecified atom stereocenters. The Bertz CT molecular complexity index is 463. The molecule has 0 amide bonds. The maximum Gasteiger partial charge on any atom is 0.200 e. The van der Waals surface area contributed by atoms with E-state index < -0.39 is 0 Å². The summed E-state index contributed by atoms with van der Waals surface area (Å²) < 4.78 is 11.9. The van der Waals surface area contributed by atoms with Crippen molar-refractivity contribution in [2.75, 3.05) is 6.61 Å². The van der Waals surface area contributed by atoms with Crippen LogP contribution in [0, 0.1) is 0 Å². The van der Waals surface area contributed by atoms with Crippen LogP contribution in [0.5, 0.6) is 0 Å². The molecule has 3 heteroatoms. The Morgan fingerprint density at radius 2 is 1.86 bits per heavy atom. The normalized spacial score (nSPS) is 27.0. The lowest BCUT2D eigenvalue weighted by atomic mass is 9.93. The first-order valence-corrected chi connectivity index (χ1v) is 8.04. The van der Waals surface area contributed by atoms with E-state index in [1.165, 1.54) is 24.8 Å². The van der Waals surface area contributed by atoms with E-state index in [4.69, 9.17) is 9.47 Å². The van der Waals surface area contributed by atoms with Crippen LogP contribution >= 0.6 is 0 Å². The first kappa shape index (κ1) is 14.6. The van der Waals surface area contributed by atoms with Crippen LogP contribution in [0.2, 0.25) is 0 Å². The van der Waals surface area contributed by atoms with Crippen molar-refractivity contribution in [3.05, 3.63) is 47.7 Å². The van der Waals surface area contributed by atoms with Crippen LogP contribution in [0.1, 0.15) is 50.0 Å². The Morgan fingerprint density at radius 1 is 1.10 bits per heavy atom. The molecule has 1 saturated carbocycles. The molecule has 3 rings (SSSR count). The van der Waals surface area contributed by atoms with Crippen molar-refractivity contribution in [2.24, 2.45) is 0 Å². The molecular weight excluding hydrogens is 264 g/mol. The van der Waals surface area contributed by atoms with E-state index in [-0.39, 0.29) is 18.8 Å². The zero-order chi connectivity index (χ0) is 14.5. The topological polar surface area (TPSA) is 38.7 Å². The summed E-state index contributed by atoms with van der Waals surface area (Å²) in [6.07, 6.45) is 9.02. The minimum Gasteiger partial charge on any atom is -0.467 e. The quantitative estimate of drug-likeness (QED) is 0.917. The summed E-state index contributed by atoms with van der Waals surface area (Å²) >= 11 is 0. The molecular formula is C18H24O3. The van der Waals surface area contributed by atoms with Crippen molar-refractivity contribution in [1.29, 1.82) is 0 Å². The smallest absolute Gasteiger partial charge is 0.200 e. The molecule has 1 fully saturated rings. The molecule has 0 aromatic heterocycles. The van der Waals surface area contributed by atoms with Crippen LogP contribution in [0.3, 0.4) is 0 Å². The highest BCUT2D eigenvalue weighted by molar-refractivity contribution is 5.25. The van der Waals surface area contributed by atoms with Gasteiger partial charge >= 0.3 is 0 Å². The SMILES string of the molecule is OCC1=C[C@@H](c2ccccc2)C[C@@H](OC2CCCCC2)O1. The number of hydrogen-bond acceptors (Lipinski definition) is 3. The summed E-state index contributed by atoms with van der Waals surface area (Å²) in [7, 11) is 0. The number of hydrogen-bond donors (Lipinski definition) is 1. The monoisotopic (exact) mass is 288 g/mol. The summed E-state index contributed by atoms with van der Waals surface area (Å²) in [5.41, 5.74) is 1.25. The average Bonchev–Trinajstić information content (AvgIpc) is 2.56. The Hall–Kier alpha value is -1.32. The van der Waals surface area contributed by atoms with Gasteiger partial charge in [-0.05, 0) is 24.5 Å². The Labute approximate surface area is 126 Å². The molecule has 21 heavy (non-hydrogen) atoms. The third-order valence-corrected chi connectivity index (χ3v) is 4.40. The van der Waals surface area contributed by atoms with Crippen LogP contribution in [0.25, 0.3) is 0 Å². The van der Waals surface area contributed by atoms with Crippen LogP contribution in [-0.4, -0.2) is 24.1 Å². The fourth-order valence-corrected chi connectivity index (χ4v) is 3.28. The highest BCUT2D eigenvalue weighted by atomic mass is 16.7. The Balaban J connectivity index is 1.68. The van der Waals surface area contributed by atoms with Gasteiger partial charge in [-0.2, -0.15) is 0 Å². The molecule has 0 bridgehead atoms. The van der Waals surface area contributed by atoms with Gasteiger partial charge in [-0.3, -0.25) is 0 Å². The lowest BCUT2D eigenvalue weighted by molar-refractivity contribution is -0.169. The maximum atomic E-state index is 9.43. The highest BCUT2D eigenvalue weighted by Crippen LogP contribution is 2.33. The van der Waals surface area contributed by atoms with Crippen molar-refractivity contribution in [3.63, 3.8) is 0 Å². The molecule has 1 aliphatic carbocycles. The number of ether oxygens (including phenoxy) is 2. The molecule has 114 valence electrons. The molecule has 0 saturated heterocycles. The molecule has 0 radical (unpaired) electrons. The standard InChI is InChI=1S/C18H24O3/c19-13-17-11-15(14-7-3-1-4-8-14)12-18(21-17)20-16-9-5-2-6-10-16/h1,3-4,7-8,11,15-16,18-19H,2,5-6,9-10,12-13H2/t15-,18+/m1/s1. The second-order valence-corrected chi connectivity index (χ2v) is 5.99. The van der Waals surface area contributed by atoms with Crippen LogP contribution < -0.4 is 0 Å². The fraction of sp³-hybridized carbons (Fsp3) is 0.556. The molecule has 1 aromatic rings. The van der Waals surface area contributed by atoms with Crippen molar-refractivity contribution in [1.82, 2.24) is 0 Å². The average molecular weight is 288 g/mol. The lowest BCUT2D eigenvalue weighted by Crippen LogP contribution is -2.30. The maximum absolute atomic E-state index is 9.43. The minimum absolute atomic E-state index is 0.0616. The van der Waals surface area contributed by atoms with Gasteiger partial charge in [0.25, 0.3) is 0 Å². The number of allylic oxidation sites excluding steroid dienone is 1. The molecule has 2 atom stereocenters. The van der Waals surface area contributed by atoms with Gasteiger partial charge < -0.3 is 14.6 Å². The summed E-state index contributed by atoms with van der Waals surface area (Å²) in [6, 6.07) is 10.4. The minimum atomic E-state index is -0.231. The highest BCUT2D eigenvalue weighted by Gasteiger charge is 2.28. The first-order valence-electron chi connectivity index (χ1n) is 8.04. The number of aliphatic hydroxyl groups is 1. The van der Waals surface area contributed by atoms with E-state index in [1.807, 2.05) is 24.3 Å². The van der Waals surface area contributed by atoms with Crippen LogP contribution in [0.4, 0.5) is 0 Å². The van der Waals surface area contributed by atoms with E-state index in [9.17, 15) is 5.11 Å². The summed E-state index contributed by atoms with van der Waals surface area (Å²) in [5, 5.41) is 9.43. The molecule has 1 aromatic carbocycles. The number of benzene rings is 1. The molecule has 2 aliphatic rings. The number of aliphatic hydroxyl groups excluding tert-OH is 1. The largest absolute Gasteiger partial charge is 0.467 e. The first-order chi connectivity index (χ1) is 10.3. The van der Waals surface area contributed by atoms with Crippen LogP contribution in [0.15, 0.2) is 42.2 Å². The Kier molecular flexibility index (Phi) is 4.94. The second-order valence-electron chi connectivity index (χ2n) is 5.99. The number of rotatable bonds is 4. The van der Waals surface area contributed by atoms with E-state index >= 15 is 0 Å². The molecule has 3 nitrogen and oxygen atoms in total. The fourth-order valence-electron chi connectivity index (χ4n) is 3.28. The van der Waals surface area contributed by atoms with Gasteiger partial charge in [-0.25, -0.2) is 0 Å². The Morgan fingerprint density at radius 3 is 2.57 bits per heavy atom. The van der Waals surface area contributed by atoms with Crippen molar-refractivity contribution in [2.45, 2.75) is 56.8 Å².